The lowest BCUT2D eigenvalue weighted by atomic mass is 9.72. The molecular weight excluding hydrogens is 444 g/mol. The Morgan fingerprint density at radius 1 is 0.714 bits per heavy atom. The van der Waals surface area contributed by atoms with Gasteiger partial charge in [-0.1, -0.05) is 36.4 Å². The monoisotopic (exact) mass is 470 g/mol. The summed E-state index contributed by atoms with van der Waals surface area (Å²) in [4.78, 5) is 56.8. The van der Waals surface area contributed by atoms with Gasteiger partial charge >= 0.3 is 0 Å². The van der Waals surface area contributed by atoms with Crippen molar-refractivity contribution in [1.82, 2.24) is 10.0 Å². The van der Waals surface area contributed by atoms with Crippen LogP contribution in [0.15, 0.2) is 71.9 Å². The maximum atomic E-state index is 13.7. The second kappa shape index (κ2) is 7.88. The summed E-state index contributed by atoms with van der Waals surface area (Å²) in [6, 6.07) is 17.3. The number of fused-ring (bicyclic) bond motifs is 3. The van der Waals surface area contributed by atoms with Gasteiger partial charge in [-0.25, -0.2) is 14.8 Å². The predicted octanol–water partition coefficient (Wildman–Crippen LogP) is 2.58. The van der Waals surface area contributed by atoms with Crippen LogP contribution in [0.1, 0.15) is 19.3 Å². The first kappa shape index (κ1) is 21.7. The van der Waals surface area contributed by atoms with Crippen molar-refractivity contribution < 1.29 is 19.2 Å². The van der Waals surface area contributed by atoms with Crippen LogP contribution >= 0.6 is 0 Å². The highest BCUT2D eigenvalue weighted by Crippen LogP contribution is 2.51. The number of imide groups is 2. The molecule has 0 unspecified atom stereocenters. The molecule has 35 heavy (non-hydrogen) atoms. The fourth-order valence-electron chi connectivity index (χ4n) is 6.29. The van der Waals surface area contributed by atoms with Gasteiger partial charge in [0.05, 0.1) is 29.1 Å². The number of carbonyl (C=O) groups is 4. The Morgan fingerprint density at radius 3 is 1.83 bits per heavy atom. The Bertz CT molecular complexity index is 1270. The number of hydrogen-bond donors (Lipinski definition) is 0. The van der Waals surface area contributed by atoms with Gasteiger partial charge in [0, 0.05) is 19.8 Å². The highest BCUT2D eigenvalue weighted by molar-refractivity contribution is 6.25. The summed E-state index contributed by atoms with van der Waals surface area (Å²) in [7, 11) is 3.69. The lowest BCUT2D eigenvalue weighted by molar-refractivity contribution is -0.130. The van der Waals surface area contributed by atoms with E-state index in [9.17, 15) is 19.2 Å². The van der Waals surface area contributed by atoms with Crippen molar-refractivity contribution >= 4 is 35.0 Å². The van der Waals surface area contributed by atoms with E-state index in [2.05, 4.69) is 0 Å². The molecule has 178 valence electrons. The summed E-state index contributed by atoms with van der Waals surface area (Å²) >= 11 is 0. The second-order valence-electron chi connectivity index (χ2n) is 9.74. The first-order valence-electron chi connectivity index (χ1n) is 11.9. The maximum absolute atomic E-state index is 13.7. The molecular formula is C27H26N4O4. The van der Waals surface area contributed by atoms with Crippen LogP contribution in [-0.2, 0) is 19.2 Å². The molecule has 4 aliphatic rings. The number of anilines is 2. The molecule has 0 radical (unpaired) electrons. The van der Waals surface area contributed by atoms with E-state index in [1.54, 1.807) is 36.4 Å². The van der Waals surface area contributed by atoms with Crippen LogP contribution in [0.2, 0.25) is 0 Å². The molecule has 6 rings (SSSR count). The zero-order valence-electron chi connectivity index (χ0n) is 19.6. The molecule has 0 N–H and O–H groups in total. The Labute approximate surface area is 203 Å². The Morgan fingerprint density at radius 2 is 1.26 bits per heavy atom. The Balaban J connectivity index is 1.42. The van der Waals surface area contributed by atoms with Crippen molar-refractivity contribution in [3.05, 3.63) is 71.9 Å². The van der Waals surface area contributed by atoms with E-state index in [1.807, 2.05) is 48.4 Å². The average Bonchev–Trinajstić information content (AvgIpc) is 3.27. The zero-order chi connectivity index (χ0) is 24.4. The molecule has 2 aromatic rings. The van der Waals surface area contributed by atoms with E-state index in [0.29, 0.717) is 30.6 Å². The molecule has 8 heteroatoms. The van der Waals surface area contributed by atoms with Crippen molar-refractivity contribution in [1.29, 1.82) is 0 Å². The summed E-state index contributed by atoms with van der Waals surface area (Å²) < 4.78 is 0. The van der Waals surface area contributed by atoms with Crippen LogP contribution in [0.4, 0.5) is 11.4 Å². The number of para-hydroxylation sites is 2. The van der Waals surface area contributed by atoms with Crippen molar-refractivity contribution in [2.24, 2.45) is 17.8 Å². The first-order valence-corrected chi connectivity index (χ1v) is 11.9. The van der Waals surface area contributed by atoms with Gasteiger partial charge in [-0.3, -0.25) is 24.2 Å². The number of carbonyl (C=O) groups excluding carboxylic acids is 4. The highest BCUT2D eigenvalue weighted by Gasteiger charge is 2.60. The minimum absolute atomic E-state index is 0.184. The molecule has 0 aromatic heterocycles. The van der Waals surface area contributed by atoms with E-state index in [0.717, 1.165) is 11.3 Å². The van der Waals surface area contributed by atoms with Crippen molar-refractivity contribution in [2.75, 3.05) is 23.9 Å². The zero-order valence-corrected chi connectivity index (χ0v) is 19.6. The molecule has 1 aliphatic carbocycles. The van der Waals surface area contributed by atoms with Gasteiger partial charge < -0.3 is 0 Å². The van der Waals surface area contributed by atoms with Gasteiger partial charge in [0.1, 0.15) is 6.04 Å². The molecule has 0 spiro atoms. The number of nitrogens with zero attached hydrogens (tertiary/aromatic N) is 4. The van der Waals surface area contributed by atoms with E-state index < -0.39 is 23.8 Å². The molecule has 4 amide bonds. The molecule has 4 atom stereocenters. The predicted molar refractivity (Wildman–Crippen MR) is 129 cm³/mol. The van der Waals surface area contributed by atoms with Gasteiger partial charge in [0.2, 0.25) is 17.7 Å². The van der Waals surface area contributed by atoms with Crippen LogP contribution < -0.4 is 9.80 Å². The van der Waals surface area contributed by atoms with Crippen LogP contribution in [0.3, 0.4) is 0 Å². The molecule has 3 aliphatic heterocycles. The Kier molecular flexibility index (Phi) is 4.89. The second-order valence-corrected chi connectivity index (χ2v) is 9.74. The quantitative estimate of drug-likeness (QED) is 0.642. The van der Waals surface area contributed by atoms with Gasteiger partial charge in [-0.05, 0) is 49.1 Å². The van der Waals surface area contributed by atoms with Crippen LogP contribution in [0.25, 0.3) is 0 Å². The Hall–Kier alpha value is -3.78. The third kappa shape index (κ3) is 3.02. The third-order valence-electron chi connectivity index (χ3n) is 7.70. The van der Waals surface area contributed by atoms with Crippen molar-refractivity contribution in [3.8, 4) is 0 Å². The van der Waals surface area contributed by atoms with E-state index >= 15 is 0 Å². The summed E-state index contributed by atoms with van der Waals surface area (Å²) in [5.41, 5.74) is 2.84. The van der Waals surface area contributed by atoms with Crippen LogP contribution in [0, 0.1) is 17.8 Å². The lowest BCUT2D eigenvalue weighted by Gasteiger charge is -2.46. The largest absolute Gasteiger partial charge is 0.297 e. The average molecular weight is 471 g/mol. The summed E-state index contributed by atoms with van der Waals surface area (Å²) in [6.07, 6.45) is 1.41. The lowest BCUT2D eigenvalue weighted by Crippen LogP contribution is -2.54. The summed E-state index contributed by atoms with van der Waals surface area (Å²) in [6.45, 7) is 0. The van der Waals surface area contributed by atoms with Crippen molar-refractivity contribution in [3.63, 3.8) is 0 Å². The number of amides is 4. The van der Waals surface area contributed by atoms with Crippen LogP contribution in [-0.4, -0.2) is 53.8 Å². The highest BCUT2D eigenvalue weighted by atomic mass is 16.2. The molecule has 2 aromatic carbocycles. The first-order chi connectivity index (χ1) is 16.9. The molecule has 8 nitrogen and oxygen atoms in total. The molecule has 3 heterocycles. The number of allylic oxidation sites excluding steroid dienone is 1. The topological polar surface area (TPSA) is 81.2 Å². The standard InChI is InChI=1S/C27H26N4O4/c1-28(2)31-21-14-13-18-22(26(34)29(24(18)32)16-9-5-3-6-10-16)19(21)15-20-23(31)27(35)30(25(20)33)17-11-7-4-8-12-17/h3-12,18,20,22-23H,13-15H2,1-2H3/t18-,20+,22+,23-/m1/s1. The number of rotatable bonds is 3. The number of hydrogen-bond acceptors (Lipinski definition) is 6. The van der Waals surface area contributed by atoms with Gasteiger partial charge in [0.15, 0.2) is 0 Å². The molecule has 0 saturated carbocycles. The molecule has 2 fully saturated rings. The van der Waals surface area contributed by atoms with Crippen LogP contribution in [0.5, 0.6) is 0 Å². The normalized spacial score (nSPS) is 28.1. The van der Waals surface area contributed by atoms with Gasteiger partial charge in [-0.2, -0.15) is 0 Å². The van der Waals surface area contributed by atoms with E-state index in [4.69, 9.17) is 0 Å². The van der Waals surface area contributed by atoms with Gasteiger partial charge in [0.25, 0.3) is 5.91 Å². The minimum atomic E-state index is -0.662. The maximum Gasteiger partial charge on any atom is 0.258 e. The fraction of sp³-hybridized carbons (Fsp3) is 0.333. The fourth-order valence-corrected chi connectivity index (χ4v) is 6.29. The number of hydrazine groups is 1. The molecule has 0 bridgehead atoms. The minimum Gasteiger partial charge on any atom is -0.297 e. The third-order valence-corrected chi connectivity index (χ3v) is 7.70. The van der Waals surface area contributed by atoms with Gasteiger partial charge in [-0.15, -0.1) is 0 Å². The van der Waals surface area contributed by atoms with E-state index in [1.165, 1.54) is 9.80 Å². The van der Waals surface area contributed by atoms with Crippen molar-refractivity contribution in [2.45, 2.75) is 25.3 Å². The molecule has 2 saturated heterocycles. The SMILES string of the molecule is CN(C)N1C2=C(C[C@@H]3C(=O)N(c4ccccc4)C(=O)[C@@H]31)[C@H]1C(=O)N(c3ccccc3)C(=O)[C@@H]1CC2. The number of benzene rings is 2. The van der Waals surface area contributed by atoms with E-state index in [-0.39, 0.29) is 23.6 Å². The summed E-state index contributed by atoms with van der Waals surface area (Å²) in [5.74, 6) is -2.61. The summed E-state index contributed by atoms with van der Waals surface area (Å²) in [5, 5.41) is 3.73. The smallest absolute Gasteiger partial charge is 0.258 e.